The Morgan fingerprint density at radius 3 is 2.32 bits per heavy atom. The second kappa shape index (κ2) is 7.89. The lowest BCUT2D eigenvalue weighted by molar-refractivity contribution is 0.102. The summed E-state index contributed by atoms with van der Waals surface area (Å²) in [6.07, 6.45) is 0. The predicted octanol–water partition coefficient (Wildman–Crippen LogP) is 4.08. The molecule has 2 aromatic rings. The van der Waals surface area contributed by atoms with Crippen LogP contribution in [0.5, 0.6) is 0 Å². The molecule has 0 atom stereocenters. The third-order valence-corrected chi connectivity index (χ3v) is 5.96. The Hall–Kier alpha value is -2.05. The first-order valence-corrected chi connectivity index (χ1v) is 9.95. The number of nitrogens with zero attached hydrogens (tertiary/aromatic N) is 1. The molecule has 0 aliphatic rings. The summed E-state index contributed by atoms with van der Waals surface area (Å²) in [6.45, 7) is 5.59. The average Bonchev–Trinajstić information content (AvgIpc) is 2.59. The number of rotatable bonds is 6. The van der Waals surface area contributed by atoms with E-state index < -0.39 is 10.0 Å². The Balaban J connectivity index is 2.21. The zero-order valence-electron chi connectivity index (χ0n) is 14.4. The summed E-state index contributed by atoms with van der Waals surface area (Å²) in [5, 5.41) is 3.36. The quantitative estimate of drug-likeness (QED) is 0.821. The number of hydrogen-bond donors (Lipinski definition) is 1. The molecule has 0 fully saturated rings. The van der Waals surface area contributed by atoms with Crippen molar-refractivity contribution in [3.05, 3.63) is 58.6 Å². The molecule has 1 amide bonds. The Labute approximate surface area is 153 Å². The maximum Gasteiger partial charge on any atom is 0.255 e. The van der Waals surface area contributed by atoms with Crippen LogP contribution in [0.25, 0.3) is 0 Å². The first-order valence-electron chi connectivity index (χ1n) is 7.96. The largest absolute Gasteiger partial charge is 0.322 e. The summed E-state index contributed by atoms with van der Waals surface area (Å²) < 4.78 is 25.5. The number of sulfonamides is 1. The number of amides is 1. The van der Waals surface area contributed by atoms with Gasteiger partial charge in [-0.2, -0.15) is 0 Å². The van der Waals surface area contributed by atoms with Crippen molar-refractivity contribution in [2.45, 2.75) is 20.8 Å². The summed E-state index contributed by atoms with van der Waals surface area (Å²) in [7, 11) is -3.34. The van der Waals surface area contributed by atoms with Crippen LogP contribution in [0.15, 0.2) is 42.5 Å². The summed E-state index contributed by atoms with van der Waals surface area (Å²) in [4.78, 5) is 12.4. The molecule has 0 saturated heterocycles. The number of carbonyl (C=O) groups is 1. The molecule has 134 valence electrons. The van der Waals surface area contributed by atoms with Crippen molar-refractivity contribution in [3.63, 3.8) is 0 Å². The van der Waals surface area contributed by atoms with Crippen LogP contribution in [0, 0.1) is 6.92 Å². The molecule has 0 spiro atoms. The summed E-state index contributed by atoms with van der Waals surface area (Å²) in [6, 6.07) is 11.8. The fourth-order valence-corrected chi connectivity index (χ4v) is 3.72. The fourth-order valence-electron chi connectivity index (χ4n) is 2.40. The minimum absolute atomic E-state index is 0.0249. The van der Waals surface area contributed by atoms with E-state index in [-0.39, 0.29) is 11.7 Å². The molecule has 25 heavy (non-hydrogen) atoms. The molecule has 0 unspecified atom stereocenters. The summed E-state index contributed by atoms with van der Waals surface area (Å²) >= 11 is 5.96. The molecule has 0 radical (unpaired) electrons. The topological polar surface area (TPSA) is 66.5 Å². The molecule has 2 rings (SSSR count). The molecular formula is C18H21ClN2O3S. The number of aryl methyl sites for hydroxylation is 1. The van der Waals surface area contributed by atoms with Crippen LogP contribution in [0.4, 0.5) is 11.4 Å². The van der Waals surface area contributed by atoms with E-state index in [1.807, 2.05) is 13.0 Å². The molecule has 0 aliphatic carbocycles. The maximum absolute atomic E-state index is 12.4. The number of hydrogen-bond acceptors (Lipinski definition) is 3. The van der Waals surface area contributed by atoms with Crippen molar-refractivity contribution in [2.24, 2.45) is 0 Å². The van der Waals surface area contributed by atoms with Gasteiger partial charge in [0.05, 0.1) is 11.4 Å². The van der Waals surface area contributed by atoms with E-state index >= 15 is 0 Å². The second-order valence-electron chi connectivity index (χ2n) is 5.53. The summed E-state index contributed by atoms with van der Waals surface area (Å²) in [5.41, 5.74) is 2.53. The lowest BCUT2D eigenvalue weighted by Crippen LogP contribution is -2.32. The van der Waals surface area contributed by atoms with Crippen molar-refractivity contribution >= 4 is 38.9 Å². The molecule has 1 N–H and O–H groups in total. The minimum Gasteiger partial charge on any atom is -0.322 e. The molecular weight excluding hydrogens is 360 g/mol. The normalized spacial score (nSPS) is 11.2. The molecule has 0 saturated carbocycles. The first-order chi connectivity index (χ1) is 11.8. The van der Waals surface area contributed by atoms with Gasteiger partial charge in [0.15, 0.2) is 0 Å². The van der Waals surface area contributed by atoms with Crippen LogP contribution in [-0.2, 0) is 10.0 Å². The monoisotopic (exact) mass is 380 g/mol. The van der Waals surface area contributed by atoms with Gasteiger partial charge in [0, 0.05) is 22.8 Å². The standard InChI is InChI=1S/C18H21ClN2O3S/c1-4-21(25(23,24)5-2)16-10-7-14(8-11-16)18(22)20-17-12-15(19)9-6-13(17)3/h6-12H,4-5H2,1-3H3,(H,20,22). The fraction of sp³-hybridized carbons (Fsp3) is 0.278. The van der Waals surface area contributed by atoms with E-state index in [0.29, 0.717) is 28.5 Å². The molecule has 7 heteroatoms. The van der Waals surface area contributed by atoms with Gasteiger partial charge in [-0.15, -0.1) is 0 Å². The van der Waals surface area contributed by atoms with Gasteiger partial charge in [0.2, 0.25) is 10.0 Å². The Bertz CT molecular complexity index is 864. The van der Waals surface area contributed by atoms with E-state index in [9.17, 15) is 13.2 Å². The SMILES string of the molecule is CCN(c1ccc(C(=O)Nc2cc(Cl)ccc2C)cc1)S(=O)(=O)CC. The highest BCUT2D eigenvalue weighted by Crippen LogP contribution is 2.22. The van der Waals surface area contributed by atoms with Crippen molar-refractivity contribution < 1.29 is 13.2 Å². The molecule has 0 heterocycles. The van der Waals surface area contributed by atoms with Crippen LogP contribution < -0.4 is 9.62 Å². The lowest BCUT2D eigenvalue weighted by atomic mass is 10.1. The van der Waals surface area contributed by atoms with Gasteiger partial charge >= 0.3 is 0 Å². The van der Waals surface area contributed by atoms with Crippen LogP contribution in [-0.4, -0.2) is 26.6 Å². The molecule has 0 aliphatic heterocycles. The first kappa shape index (κ1) is 19.3. The van der Waals surface area contributed by atoms with Crippen LogP contribution in [0.1, 0.15) is 29.8 Å². The molecule has 5 nitrogen and oxygen atoms in total. The van der Waals surface area contributed by atoms with Crippen LogP contribution in [0.3, 0.4) is 0 Å². The van der Waals surface area contributed by atoms with Gasteiger partial charge in [-0.1, -0.05) is 17.7 Å². The van der Waals surface area contributed by atoms with Gasteiger partial charge in [-0.05, 0) is 62.7 Å². The van der Waals surface area contributed by atoms with Crippen molar-refractivity contribution in [2.75, 3.05) is 21.9 Å². The number of anilines is 2. The molecule has 2 aromatic carbocycles. The van der Waals surface area contributed by atoms with Crippen molar-refractivity contribution in [1.82, 2.24) is 0 Å². The predicted molar refractivity (Wildman–Crippen MR) is 103 cm³/mol. The number of nitrogens with one attached hydrogen (secondary N) is 1. The highest BCUT2D eigenvalue weighted by Gasteiger charge is 2.19. The van der Waals surface area contributed by atoms with Crippen molar-refractivity contribution in [1.29, 1.82) is 0 Å². The van der Waals surface area contributed by atoms with Gasteiger partial charge in [0.1, 0.15) is 0 Å². The van der Waals surface area contributed by atoms with E-state index in [4.69, 9.17) is 11.6 Å². The minimum atomic E-state index is -3.34. The smallest absolute Gasteiger partial charge is 0.255 e. The highest BCUT2D eigenvalue weighted by atomic mass is 35.5. The van der Waals surface area contributed by atoms with Crippen LogP contribution in [0.2, 0.25) is 5.02 Å². The second-order valence-corrected chi connectivity index (χ2v) is 8.14. The van der Waals surface area contributed by atoms with E-state index in [0.717, 1.165) is 5.56 Å². The number of benzene rings is 2. The van der Waals surface area contributed by atoms with Gasteiger partial charge in [-0.3, -0.25) is 9.10 Å². The third kappa shape index (κ3) is 4.52. The van der Waals surface area contributed by atoms with E-state index in [2.05, 4.69) is 5.32 Å². The zero-order chi connectivity index (χ0) is 18.6. The Kier molecular flexibility index (Phi) is 6.08. The lowest BCUT2D eigenvalue weighted by Gasteiger charge is -2.22. The van der Waals surface area contributed by atoms with Gasteiger partial charge in [-0.25, -0.2) is 8.42 Å². The van der Waals surface area contributed by atoms with Gasteiger partial charge < -0.3 is 5.32 Å². The zero-order valence-corrected chi connectivity index (χ0v) is 16.0. The molecule has 0 bridgehead atoms. The van der Waals surface area contributed by atoms with E-state index in [1.54, 1.807) is 50.2 Å². The third-order valence-electron chi connectivity index (χ3n) is 3.85. The Morgan fingerprint density at radius 2 is 1.76 bits per heavy atom. The number of carbonyl (C=O) groups excluding carboxylic acids is 1. The van der Waals surface area contributed by atoms with Gasteiger partial charge in [0.25, 0.3) is 5.91 Å². The molecule has 0 aromatic heterocycles. The highest BCUT2D eigenvalue weighted by molar-refractivity contribution is 7.92. The van der Waals surface area contributed by atoms with Crippen molar-refractivity contribution in [3.8, 4) is 0 Å². The number of halogens is 1. The Morgan fingerprint density at radius 1 is 1.12 bits per heavy atom. The summed E-state index contributed by atoms with van der Waals surface area (Å²) in [5.74, 6) is -0.254. The van der Waals surface area contributed by atoms with E-state index in [1.165, 1.54) is 4.31 Å². The maximum atomic E-state index is 12.4. The van der Waals surface area contributed by atoms with Crippen LogP contribution >= 0.6 is 11.6 Å². The average molecular weight is 381 g/mol.